The van der Waals surface area contributed by atoms with Crippen LogP contribution < -0.4 is 10.1 Å². The molecule has 92 valence electrons. The molecule has 0 aliphatic heterocycles. The van der Waals surface area contributed by atoms with E-state index in [1.54, 1.807) is 30.3 Å². The molecule has 0 spiro atoms. The number of carboxylic acid groups (broad SMARTS) is 1. The summed E-state index contributed by atoms with van der Waals surface area (Å²) in [6, 6.07) is 7.02. The molecule has 1 amide bonds. The maximum absolute atomic E-state index is 12.2. The second-order valence-corrected chi connectivity index (χ2v) is 3.21. The third-order valence-corrected chi connectivity index (χ3v) is 1.90. The highest BCUT2D eigenvalue weighted by molar-refractivity contribution is 5.84. The monoisotopic (exact) mass is 241 g/mol. The first-order chi connectivity index (χ1) is 8.13. The molecule has 0 aromatic heterocycles. The zero-order valence-electron chi connectivity index (χ0n) is 8.93. The first-order valence-electron chi connectivity index (χ1n) is 4.89. The number of ether oxygens (including phenoxy) is 1. The Hall–Kier alpha value is -2.11. The van der Waals surface area contributed by atoms with Gasteiger partial charge in [0.15, 0.2) is 12.6 Å². The molecule has 0 bridgehead atoms. The van der Waals surface area contributed by atoms with E-state index in [0.717, 1.165) is 0 Å². The number of para-hydroxylation sites is 1. The number of amides is 1. The molecule has 17 heavy (non-hydrogen) atoms. The number of nitrogens with one attached hydrogen (secondary N) is 1. The van der Waals surface area contributed by atoms with Crippen molar-refractivity contribution in [2.45, 2.75) is 6.04 Å². The van der Waals surface area contributed by atoms with E-state index in [2.05, 4.69) is 0 Å². The highest BCUT2D eigenvalue weighted by Gasteiger charge is 2.19. The number of carbonyl (C=O) groups is 2. The normalized spacial score (nSPS) is 11.6. The Balaban J connectivity index is 2.37. The van der Waals surface area contributed by atoms with Crippen molar-refractivity contribution >= 4 is 11.9 Å². The molecule has 1 atom stereocenters. The average Bonchev–Trinajstić information content (AvgIpc) is 2.34. The van der Waals surface area contributed by atoms with Gasteiger partial charge < -0.3 is 15.2 Å². The largest absolute Gasteiger partial charge is 0.484 e. The van der Waals surface area contributed by atoms with Gasteiger partial charge in [0, 0.05) is 0 Å². The van der Waals surface area contributed by atoms with Crippen LogP contribution in [-0.2, 0) is 9.59 Å². The number of hydrogen-bond acceptors (Lipinski definition) is 3. The zero-order chi connectivity index (χ0) is 12.7. The second-order valence-electron chi connectivity index (χ2n) is 3.21. The van der Waals surface area contributed by atoms with Crippen molar-refractivity contribution in [3.8, 4) is 5.75 Å². The van der Waals surface area contributed by atoms with Gasteiger partial charge in [0.05, 0.1) is 0 Å². The molecule has 0 aliphatic rings. The van der Waals surface area contributed by atoms with Gasteiger partial charge in [0.25, 0.3) is 5.91 Å². The van der Waals surface area contributed by atoms with Crippen LogP contribution in [0.4, 0.5) is 4.39 Å². The Morgan fingerprint density at radius 1 is 1.35 bits per heavy atom. The van der Waals surface area contributed by atoms with Gasteiger partial charge in [-0.25, -0.2) is 9.18 Å². The van der Waals surface area contributed by atoms with Crippen LogP contribution >= 0.6 is 0 Å². The van der Waals surface area contributed by atoms with E-state index in [9.17, 15) is 14.0 Å². The van der Waals surface area contributed by atoms with Gasteiger partial charge >= 0.3 is 5.97 Å². The van der Waals surface area contributed by atoms with Crippen molar-refractivity contribution in [3.63, 3.8) is 0 Å². The molecular formula is C11H12FNO4. The van der Waals surface area contributed by atoms with Gasteiger partial charge in [-0.05, 0) is 12.1 Å². The van der Waals surface area contributed by atoms with Crippen molar-refractivity contribution in [3.05, 3.63) is 30.3 Å². The molecule has 0 aliphatic carbocycles. The Morgan fingerprint density at radius 2 is 2.00 bits per heavy atom. The van der Waals surface area contributed by atoms with Crippen LogP contribution in [0.1, 0.15) is 0 Å². The summed E-state index contributed by atoms with van der Waals surface area (Å²) in [6.07, 6.45) is 0. The van der Waals surface area contributed by atoms with Crippen LogP contribution in [0.2, 0.25) is 0 Å². The summed E-state index contributed by atoms with van der Waals surface area (Å²) in [5.74, 6) is -1.62. The Labute approximate surface area is 97.2 Å². The first-order valence-corrected chi connectivity index (χ1v) is 4.89. The minimum absolute atomic E-state index is 0.353. The number of alkyl halides is 1. The number of carbonyl (C=O) groups excluding carboxylic acids is 1. The number of halogens is 1. The molecule has 0 saturated carbocycles. The third-order valence-electron chi connectivity index (χ3n) is 1.90. The first kappa shape index (κ1) is 13.0. The van der Waals surface area contributed by atoms with Gasteiger partial charge in [-0.15, -0.1) is 0 Å². The number of carboxylic acids is 1. The highest BCUT2D eigenvalue weighted by atomic mass is 19.1. The van der Waals surface area contributed by atoms with E-state index >= 15 is 0 Å². The summed E-state index contributed by atoms with van der Waals surface area (Å²) >= 11 is 0. The van der Waals surface area contributed by atoms with Crippen molar-refractivity contribution in [2.75, 3.05) is 13.3 Å². The lowest BCUT2D eigenvalue weighted by Gasteiger charge is -2.11. The van der Waals surface area contributed by atoms with Crippen LogP contribution in [-0.4, -0.2) is 36.3 Å². The molecule has 0 fully saturated rings. The number of aliphatic carboxylic acids is 1. The fraction of sp³-hybridized carbons (Fsp3) is 0.273. The summed E-state index contributed by atoms with van der Waals surface area (Å²) in [7, 11) is 0. The smallest absolute Gasteiger partial charge is 0.328 e. The standard InChI is InChI=1S/C11H12FNO4/c12-6-9(11(15)16)13-10(14)7-17-8-4-2-1-3-5-8/h1-5,9H,6-7H2,(H,13,14)(H,15,16). The summed E-state index contributed by atoms with van der Waals surface area (Å²) in [4.78, 5) is 21.7. The molecule has 5 nitrogen and oxygen atoms in total. The summed E-state index contributed by atoms with van der Waals surface area (Å²) in [5, 5.41) is 10.5. The third kappa shape index (κ3) is 4.50. The van der Waals surface area contributed by atoms with Crippen LogP contribution in [0.3, 0.4) is 0 Å². The van der Waals surface area contributed by atoms with E-state index in [4.69, 9.17) is 9.84 Å². The fourth-order valence-electron chi connectivity index (χ4n) is 1.07. The molecule has 0 radical (unpaired) electrons. The van der Waals surface area contributed by atoms with Crippen LogP contribution in [0, 0.1) is 0 Å². The molecule has 1 unspecified atom stereocenters. The summed E-state index contributed by atoms with van der Waals surface area (Å²) in [6.45, 7) is -1.51. The van der Waals surface area contributed by atoms with Gasteiger partial charge in [-0.1, -0.05) is 18.2 Å². The van der Waals surface area contributed by atoms with E-state index in [-0.39, 0.29) is 6.61 Å². The fourth-order valence-corrected chi connectivity index (χ4v) is 1.07. The second kappa shape index (κ2) is 6.47. The molecule has 6 heteroatoms. The van der Waals surface area contributed by atoms with Gasteiger partial charge in [0.1, 0.15) is 12.4 Å². The van der Waals surface area contributed by atoms with Crippen molar-refractivity contribution in [2.24, 2.45) is 0 Å². The molecule has 0 saturated heterocycles. The van der Waals surface area contributed by atoms with E-state index < -0.39 is 24.6 Å². The van der Waals surface area contributed by atoms with E-state index in [0.29, 0.717) is 5.75 Å². The number of benzene rings is 1. The predicted molar refractivity (Wildman–Crippen MR) is 57.5 cm³/mol. The van der Waals surface area contributed by atoms with E-state index in [1.165, 1.54) is 0 Å². The number of hydrogen-bond donors (Lipinski definition) is 2. The molecule has 1 aromatic carbocycles. The Morgan fingerprint density at radius 3 is 2.53 bits per heavy atom. The maximum atomic E-state index is 12.2. The topological polar surface area (TPSA) is 75.6 Å². The van der Waals surface area contributed by atoms with Crippen molar-refractivity contribution in [1.29, 1.82) is 0 Å². The highest BCUT2D eigenvalue weighted by Crippen LogP contribution is 2.07. The van der Waals surface area contributed by atoms with Gasteiger partial charge in [-0.2, -0.15) is 0 Å². The quantitative estimate of drug-likeness (QED) is 0.764. The zero-order valence-corrected chi connectivity index (χ0v) is 8.93. The maximum Gasteiger partial charge on any atom is 0.328 e. The minimum Gasteiger partial charge on any atom is -0.484 e. The molecule has 1 rings (SSSR count). The molecule has 1 aromatic rings. The lowest BCUT2D eigenvalue weighted by Crippen LogP contribution is -2.44. The summed E-state index contributed by atoms with van der Waals surface area (Å²) in [5.41, 5.74) is 0. The predicted octanol–water partition coefficient (Wildman–Crippen LogP) is 0.604. The molecular weight excluding hydrogens is 229 g/mol. The van der Waals surface area contributed by atoms with Crippen LogP contribution in [0.25, 0.3) is 0 Å². The van der Waals surface area contributed by atoms with Crippen LogP contribution in [0.5, 0.6) is 5.75 Å². The van der Waals surface area contributed by atoms with Crippen molar-refractivity contribution < 1.29 is 23.8 Å². The Bertz CT molecular complexity index is 382. The van der Waals surface area contributed by atoms with Crippen molar-refractivity contribution in [1.82, 2.24) is 5.32 Å². The average molecular weight is 241 g/mol. The van der Waals surface area contributed by atoms with Gasteiger partial charge in [-0.3, -0.25) is 4.79 Å². The van der Waals surface area contributed by atoms with Crippen LogP contribution in [0.15, 0.2) is 30.3 Å². The lowest BCUT2D eigenvalue weighted by atomic mass is 10.3. The van der Waals surface area contributed by atoms with Gasteiger partial charge in [0.2, 0.25) is 0 Å². The minimum atomic E-state index is -1.53. The summed E-state index contributed by atoms with van der Waals surface area (Å²) < 4.78 is 17.3. The number of rotatable bonds is 6. The Kier molecular flexibility index (Phi) is 4.93. The SMILES string of the molecule is O=C(COc1ccccc1)NC(CF)C(=O)O. The lowest BCUT2D eigenvalue weighted by molar-refractivity contribution is -0.142. The molecule has 2 N–H and O–H groups in total. The molecule has 0 heterocycles. The van der Waals surface area contributed by atoms with E-state index in [1.807, 2.05) is 5.32 Å².